The van der Waals surface area contributed by atoms with Gasteiger partial charge in [-0.2, -0.15) is 0 Å². The molecule has 2 aromatic rings. The molecule has 25 heavy (non-hydrogen) atoms. The average molecular weight is 341 g/mol. The van der Waals surface area contributed by atoms with Crippen LogP contribution in [0.2, 0.25) is 0 Å². The summed E-state index contributed by atoms with van der Waals surface area (Å²) in [4.78, 5) is 35.4. The fourth-order valence-corrected chi connectivity index (χ4v) is 2.08. The summed E-state index contributed by atoms with van der Waals surface area (Å²) in [5.41, 5.74) is 12.4. The van der Waals surface area contributed by atoms with Crippen molar-refractivity contribution in [3.05, 3.63) is 59.7 Å². The van der Waals surface area contributed by atoms with Crippen LogP contribution in [0.25, 0.3) is 0 Å². The number of hydrogen-bond donors (Lipinski definition) is 3. The molecule has 7 heteroatoms. The topological polar surface area (TPSA) is 125 Å². The molecular formula is C18H19N3O4. The van der Waals surface area contributed by atoms with E-state index in [-0.39, 0.29) is 0 Å². The second-order valence-electron chi connectivity index (χ2n) is 5.36. The Morgan fingerprint density at radius 1 is 1.00 bits per heavy atom. The molecule has 2 aromatic carbocycles. The summed E-state index contributed by atoms with van der Waals surface area (Å²) < 4.78 is 5.26. The Hall–Kier alpha value is -3.35. The minimum atomic E-state index is -0.944. The van der Waals surface area contributed by atoms with Crippen LogP contribution in [-0.4, -0.2) is 23.9 Å². The van der Waals surface area contributed by atoms with Crippen LogP contribution in [0.4, 0.5) is 11.4 Å². The third-order valence-corrected chi connectivity index (χ3v) is 3.50. The number of benzene rings is 2. The first kappa shape index (κ1) is 18.0. The molecule has 130 valence electrons. The van der Waals surface area contributed by atoms with Crippen LogP contribution in [0, 0.1) is 0 Å². The van der Waals surface area contributed by atoms with Gasteiger partial charge in [0.05, 0.1) is 5.56 Å². The van der Waals surface area contributed by atoms with Crippen LogP contribution in [-0.2, 0) is 9.53 Å². The summed E-state index contributed by atoms with van der Waals surface area (Å²) in [6, 6.07) is 12.3. The van der Waals surface area contributed by atoms with Crippen molar-refractivity contribution in [3.8, 4) is 0 Å². The molecule has 0 spiro atoms. The third kappa shape index (κ3) is 4.81. The number of carbonyl (C=O) groups is 3. The standard InChI is InChI=1S/C18H19N3O4/c1-2-15(25-18(24)12-3-7-13(19)8-4-12)17(23)21-14-9-5-11(6-10-14)16(20)22/h3-10,15H,2,19H2,1H3,(H2,20,22)(H,21,23). The zero-order chi connectivity index (χ0) is 18.4. The minimum absolute atomic E-state index is 0.311. The second-order valence-corrected chi connectivity index (χ2v) is 5.36. The summed E-state index contributed by atoms with van der Waals surface area (Å²) in [6.07, 6.45) is -0.632. The number of primary amides is 1. The van der Waals surface area contributed by atoms with E-state index in [0.29, 0.717) is 28.9 Å². The van der Waals surface area contributed by atoms with Gasteiger partial charge in [-0.15, -0.1) is 0 Å². The lowest BCUT2D eigenvalue weighted by Crippen LogP contribution is -2.32. The van der Waals surface area contributed by atoms with Gasteiger partial charge in [-0.25, -0.2) is 4.79 Å². The molecule has 0 heterocycles. The molecule has 0 bridgehead atoms. The molecule has 0 radical (unpaired) electrons. The number of nitrogen functional groups attached to an aromatic ring is 1. The highest BCUT2D eigenvalue weighted by atomic mass is 16.5. The van der Waals surface area contributed by atoms with Crippen molar-refractivity contribution in [2.45, 2.75) is 19.4 Å². The van der Waals surface area contributed by atoms with Crippen LogP contribution < -0.4 is 16.8 Å². The fourth-order valence-electron chi connectivity index (χ4n) is 2.08. The smallest absolute Gasteiger partial charge is 0.338 e. The SMILES string of the molecule is CCC(OC(=O)c1ccc(N)cc1)C(=O)Nc1ccc(C(N)=O)cc1. The highest BCUT2D eigenvalue weighted by Gasteiger charge is 2.22. The summed E-state index contributed by atoms with van der Waals surface area (Å²) in [5, 5.41) is 2.64. The molecule has 0 fully saturated rings. The molecule has 0 aromatic heterocycles. The number of ether oxygens (including phenoxy) is 1. The van der Waals surface area contributed by atoms with Gasteiger partial charge in [0, 0.05) is 16.9 Å². The van der Waals surface area contributed by atoms with Crippen LogP contribution in [0.3, 0.4) is 0 Å². The molecule has 0 aliphatic rings. The number of hydrogen-bond acceptors (Lipinski definition) is 5. The molecule has 5 N–H and O–H groups in total. The summed E-state index contributed by atoms with van der Waals surface area (Å²) in [7, 11) is 0. The molecule has 0 saturated heterocycles. The lowest BCUT2D eigenvalue weighted by Gasteiger charge is -2.16. The number of nitrogens with one attached hydrogen (secondary N) is 1. The quantitative estimate of drug-likeness (QED) is 0.547. The molecule has 0 aliphatic heterocycles. The van der Waals surface area contributed by atoms with Gasteiger partial charge in [0.25, 0.3) is 5.91 Å². The van der Waals surface area contributed by atoms with E-state index in [9.17, 15) is 14.4 Å². The molecule has 2 rings (SSSR count). The van der Waals surface area contributed by atoms with Gasteiger partial charge in [-0.1, -0.05) is 6.92 Å². The molecule has 7 nitrogen and oxygen atoms in total. The molecule has 1 atom stereocenters. The maximum absolute atomic E-state index is 12.3. The van der Waals surface area contributed by atoms with Gasteiger partial charge in [0.2, 0.25) is 5.91 Å². The Morgan fingerprint density at radius 3 is 2.08 bits per heavy atom. The van der Waals surface area contributed by atoms with E-state index in [0.717, 1.165) is 0 Å². The van der Waals surface area contributed by atoms with E-state index in [1.165, 1.54) is 24.3 Å². The van der Waals surface area contributed by atoms with Gasteiger partial charge in [0.1, 0.15) is 0 Å². The van der Waals surface area contributed by atoms with E-state index in [1.54, 1.807) is 31.2 Å². The van der Waals surface area contributed by atoms with E-state index in [2.05, 4.69) is 5.32 Å². The molecule has 1 unspecified atom stereocenters. The number of esters is 1. The largest absolute Gasteiger partial charge is 0.449 e. The molecule has 2 amide bonds. The Labute approximate surface area is 145 Å². The Bertz CT molecular complexity index is 770. The fraction of sp³-hybridized carbons (Fsp3) is 0.167. The highest BCUT2D eigenvalue weighted by Crippen LogP contribution is 2.13. The predicted octanol–water partition coefficient (Wildman–Crippen LogP) is 1.94. The first-order chi connectivity index (χ1) is 11.9. The molecule has 0 aliphatic carbocycles. The normalized spacial score (nSPS) is 11.4. The molecule has 0 saturated carbocycles. The lowest BCUT2D eigenvalue weighted by atomic mass is 10.2. The van der Waals surface area contributed by atoms with E-state index in [4.69, 9.17) is 16.2 Å². The first-order valence-electron chi connectivity index (χ1n) is 7.68. The summed E-state index contributed by atoms with van der Waals surface area (Å²) >= 11 is 0. The number of anilines is 2. The second kappa shape index (κ2) is 7.96. The van der Waals surface area contributed by atoms with E-state index >= 15 is 0 Å². The van der Waals surface area contributed by atoms with Crippen molar-refractivity contribution in [2.24, 2.45) is 5.73 Å². The van der Waals surface area contributed by atoms with Gasteiger partial charge in [-0.05, 0) is 55.0 Å². The van der Waals surface area contributed by atoms with Crippen LogP contribution in [0.5, 0.6) is 0 Å². The van der Waals surface area contributed by atoms with Crippen molar-refractivity contribution >= 4 is 29.2 Å². The van der Waals surface area contributed by atoms with Crippen LogP contribution >= 0.6 is 0 Å². The Morgan fingerprint density at radius 2 is 1.56 bits per heavy atom. The van der Waals surface area contributed by atoms with Crippen LogP contribution in [0.1, 0.15) is 34.1 Å². The van der Waals surface area contributed by atoms with Crippen molar-refractivity contribution in [2.75, 3.05) is 11.1 Å². The van der Waals surface area contributed by atoms with Gasteiger partial charge >= 0.3 is 5.97 Å². The number of rotatable bonds is 6. The average Bonchev–Trinajstić information content (AvgIpc) is 2.60. The maximum Gasteiger partial charge on any atom is 0.338 e. The zero-order valence-electron chi connectivity index (χ0n) is 13.7. The van der Waals surface area contributed by atoms with Gasteiger partial charge in [-0.3, -0.25) is 9.59 Å². The third-order valence-electron chi connectivity index (χ3n) is 3.50. The monoisotopic (exact) mass is 341 g/mol. The first-order valence-corrected chi connectivity index (χ1v) is 7.68. The highest BCUT2D eigenvalue weighted by molar-refractivity contribution is 5.98. The predicted molar refractivity (Wildman–Crippen MR) is 93.9 cm³/mol. The number of amides is 2. The van der Waals surface area contributed by atoms with Gasteiger partial charge in [0.15, 0.2) is 6.10 Å². The zero-order valence-corrected chi connectivity index (χ0v) is 13.7. The maximum atomic E-state index is 12.3. The van der Waals surface area contributed by atoms with E-state index in [1.807, 2.05) is 0 Å². The Balaban J connectivity index is 2.01. The number of nitrogens with two attached hydrogens (primary N) is 2. The number of carbonyl (C=O) groups excluding carboxylic acids is 3. The summed E-state index contributed by atoms with van der Waals surface area (Å²) in [6.45, 7) is 1.73. The van der Waals surface area contributed by atoms with Crippen molar-refractivity contribution in [1.29, 1.82) is 0 Å². The van der Waals surface area contributed by atoms with E-state index < -0.39 is 23.9 Å². The van der Waals surface area contributed by atoms with Crippen molar-refractivity contribution < 1.29 is 19.1 Å². The van der Waals surface area contributed by atoms with Crippen molar-refractivity contribution in [3.63, 3.8) is 0 Å². The van der Waals surface area contributed by atoms with Gasteiger partial charge < -0.3 is 21.5 Å². The van der Waals surface area contributed by atoms with Crippen LogP contribution in [0.15, 0.2) is 48.5 Å². The summed E-state index contributed by atoms with van der Waals surface area (Å²) in [5.74, 6) is -1.62. The molecular weight excluding hydrogens is 322 g/mol. The van der Waals surface area contributed by atoms with Crippen molar-refractivity contribution in [1.82, 2.24) is 0 Å². The minimum Gasteiger partial charge on any atom is -0.449 e. The Kier molecular flexibility index (Phi) is 5.73. The lowest BCUT2D eigenvalue weighted by molar-refractivity contribution is -0.124.